The maximum atomic E-state index is 12.8. The molecule has 4 rings (SSSR count). The van der Waals surface area contributed by atoms with Gasteiger partial charge in [-0.1, -0.05) is 24.3 Å². The molecular weight excluding hydrogens is 532 g/mol. The number of ether oxygens (including phenoxy) is 4. The lowest BCUT2D eigenvalue weighted by Crippen LogP contribution is -2.60. The van der Waals surface area contributed by atoms with E-state index in [1.165, 1.54) is 0 Å². The molecule has 3 saturated heterocycles. The van der Waals surface area contributed by atoms with E-state index < -0.39 is 12.3 Å². The zero-order valence-corrected chi connectivity index (χ0v) is 26.9. The minimum atomic E-state index is -0.964. The Balaban J connectivity index is 1.16. The molecule has 8 nitrogen and oxygen atoms in total. The minimum absolute atomic E-state index is 0.0740. The van der Waals surface area contributed by atoms with Gasteiger partial charge in [-0.2, -0.15) is 0 Å². The van der Waals surface area contributed by atoms with E-state index in [1.807, 2.05) is 24.3 Å². The van der Waals surface area contributed by atoms with E-state index in [4.69, 9.17) is 18.9 Å². The smallest absolute Gasteiger partial charge is 0.363 e. The molecule has 234 valence electrons. The SMILES string of the molecule is CC1(C)CC(OC(=O)c2ccc(CC/C=C/C3COC(C(=O)OC4CC(C)(C)NC(C)(C)C4)OC3)cc2)CC(C)(C)N1. The molecule has 0 spiro atoms. The number of hydrogen-bond acceptors (Lipinski definition) is 8. The summed E-state index contributed by atoms with van der Waals surface area (Å²) in [4.78, 5) is 25.5. The Kier molecular flexibility index (Phi) is 9.93. The fraction of sp³-hybridized carbons (Fsp3) is 0.706. The van der Waals surface area contributed by atoms with Crippen LogP contribution in [-0.4, -0.2) is 65.8 Å². The van der Waals surface area contributed by atoms with Crippen LogP contribution in [0.3, 0.4) is 0 Å². The van der Waals surface area contributed by atoms with Crippen molar-refractivity contribution in [2.45, 2.75) is 135 Å². The third-order valence-corrected chi connectivity index (χ3v) is 8.18. The lowest BCUT2D eigenvalue weighted by molar-refractivity contribution is -0.223. The lowest BCUT2D eigenvalue weighted by Gasteiger charge is -2.46. The molecule has 0 aliphatic carbocycles. The number of carbonyl (C=O) groups is 2. The standard InChI is InChI=1S/C34H52N2O6/c1-31(2)17-26(18-32(3,4)35-31)41-28(37)25-15-13-23(14-16-25)11-9-10-12-24-21-39-30(40-22-24)29(38)42-27-19-33(5,6)36-34(7,8)20-27/h10,12-16,24,26-27,30,35-36H,9,11,17-22H2,1-8H3/b12-10+. The molecule has 8 heteroatoms. The van der Waals surface area contributed by atoms with Crippen LogP contribution in [0, 0.1) is 5.92 Å². The average molecular weight is 585 g/mol. The van der Waals surface area contributed by atoms with Gasteiger partial charge >= 0.3 is 11.9 Å². The van der Waals surface area contributed by atoms with Crippen LogP contribution >= 0.6 is 0 Å². The number of nitrogens with one attached hydrogen (secondary N) is 2. The molecule has 3 heterocycles. The molecule has 0 atom stereocenters. The summed E-state index contributed by atoms with van der Waals surface area (Å²) in [7, 11) is 0. The molecule has 3 aliphatic rings. The topological polar surface area (TPSA) is 95.1 Å². The zero-order chi connectivity index (χ0) is 30.8. The Morgan fingerprint density at radius 3 is 1.76 bits per heavy atom. The van der Waals surface area contributed by atoms with Crippen LogP contribution < -0.4 is 10.6 Å². The van der Waals surface area contributed by atoms with Crippen LogP contribution in [0.25, 0.3) is 0 Å². The van der Waals surface area contributed by atoms with Gasteiger partial charge in [0.2, 0.25) is 0 Å². The highest BCUT2D eigenvalue weighted by molar-refractivity contribution is 5.89. The summed E-state index contributed by atoms with van der Waals surface area (Å²) in [6, 6.07) is 7.70. The number of esters is 2. The number of allylic oxidation sites excluding steroid dienone is 1. The zero-order valence-electron chi connectivity index (χ0n) is 26.9. The number of aryl methyl sites for hydroxylation is 1. The summed E-state index contributed by atoms with van der Waals surface area (Å²) in [6.07, 6.45) is 7.79. The van der Waals surface area contributed by atoms with E-state index in [9.17, 15) is 9.59 Å². The van der Waals surface area contributed by atoms with Crippen molar-refractivity contribution in [3.63, 3.8) is 0 Å². The quantitative estimate of drug-likeness (QED) is 0.306. The van der Waals surface area contributed by atoms with Crippen molar-refractivity contribution in [3.05, 3.63) is 47.5 Å². The maximum absolute atomic E-state index is 12.8. The van der Waals surface area contributed by atoms with Crippen molar-refractivity contribution in [2.24, 2.45) is 5.92 Å². The van der Waals surface area contributed by atoms with E-state index in [2.05, 4.69) is 78.2 Å². The van der Waals surface area contributed by atoms with E-state index in [0.29, 0.717) is 18.8 Å². The first-order valence-corrected chi connectivity index (χ1v) is 15.5. The van der Waals surface area contributed by atoms with Crippen molar-refractivity contribution >= 4 is 11.9 Å². The number of hydrogen-bond donors (Lipinski definition) is 2. The van der Waals surface area contributed by atoms with Gasteiger partial charge in [0.15, 0.2) is 0 Å². The van der Waals surface area contributed by atoms with Crippen LogP contribution in [0.1, 0.15) is 103 Å². The second kappa shape index (κ2) is 12.8. The molecule has 1 aromatic carbocycles. The minimum Gasteiger partial charge on any atom is -0.459 e. The summed E-state index contributed by atoms with van der Waals surface area (Å²) in [5, 5.41) is 7.22. The normalized spacial score (nSPS) is 27.4. The molecule has 1 aromatic rings. The Bertz CT molecular complexity index is 1080. The Labute approximate surface area is 252 Å². The van der Waals surface area contributed by atoms with Crippen molar-refractivity contribution in [3.8, 4) is 0 Å². The van der Waals surface area contributed by atoms with E-state index in [1.54, 1.807) is 0 Å². The van der Waals surface area contributed by atoms with Gasteiger partial charge < -0.3 is 29.6 Å². The van der Waals surface area contributed by atoms with Gasteiger partial charge in [0, 0.05) is 53.8 Å². The van der Waals surface area contributed by atoms with Gasteiger partial charge in [0.25, 0.3) is 6.29 Å². The molecule has 0 amide bonds. The third kappa shape index (κ3) is 9.63. The largest absolute Gasteiger partial charge is 0.459 e. The first kappa shape index (κ1) is 32.6. The highest BCUT2D eigenvalue weighted by atomic mass is 16.7. The van der Waals surface area contributed by atoms with Crippen molar-refractivity contribution < 1.29 is 28.5 Å². The highest BCUT2D eigenvalue weighted by Gasteiger charge is 2.41. The summed E-state index contributed by atoms with van der Waals surface area (Å²) in [6.45, 7) is 17.9. The van der Waals surface area contributed by atoms with Crippen LogP contribution in [0.4, 0.5) is 0 Å². The predicted octanol–water partition coefficient (Wildman–Crippen LogP) is 5.48. The Hall–Kier alpha value is -2.26. The van der Waals surface area contributed by atoms with Crippen molar-refractivity contribution in [2.75, 3.05) is 13.2 Å². The molecular formula is C34H52N2O6. The van der Waals surface area contributed by atoms with Gasteiger partial charge in [0.1, 0.15) is 12.2 Å². The fourth-order valence-corrected chi connectivity index (χ4v) is 7.17. The van der Waals surface area contributed by atoms with E-state index in [0.717, 1.165) is 44.1 Å². The monoisotopic (exact) mass is 584 g/mol. The molecule has 2 N–H and O–H groups in total. The fourth-order valence-electron chi connectivity index (χ4n) is 7.17. The summed E-state index contributed by atoms with van der Waals surface area (Å²) in [5.74, 6) is -0.609. The predicted molar refractivity (Wildman–Crippen MR) is 163 cm³/mol. The van der Waals surface area contributed by atoms with Crippen molar-refractivity contribution in [1.29, 1.82) is 0 Å². The van der Waals surface area contributed by atoms with Gasteiger partial charge in [-0.25, -0.2) is 9.59 Å². The summed E-state index contributed by atoms with van der Waals surface area (Å²) >= 11 is 0. The van der Waals surface area contributed by atoms with Gasteiger partial charge in [0.05, 0.1) is 18.8 Å². The van der Waals surface area contributed by atoms with Crippen LogP contribution in [0.15, 0.2) is 36.4 Å². The lowest BCUT2D eigenvalue weighted by atomic mass is 9.81. The van der Waals surface area contributed by atoms with Gasteiger partial charge in [-0.05, 0) is 85.9 Å². The highest BCUT2D eigenvalue weighted by Crippen LogP contribution is 2.32. The Morgan fingerprint density at radius 1 is 0.786 bits per heavy atom. The van der Waals surface area contributed by atoms with Gasteiger partial charge in [-0.3, -0.25) is 0 Å². The number of benzene rings is 1. The van der Waals surface area contributed by atoms with E-state index in [-0.39, 0.29) is 46.3 Å². The molecule has 0 aromatic heterocycles. The number of carbonyl (C=O) groups excluding carboxylic acids is 2. The molecule has 42 heavy (non-hydrogen) atoms. The summed E-state index contributed by atoms with van der Waals surface area (Å²) in [5.41, 5.74) is 1.38. The van der Waals surface area contributed by atoms with Crippen LogP contribution in [-0.2, 0) is 30.2 Å². The average Bonchev–Trinajstić information content (AvgIpc) is 2.83. The van der Waals surface area contributed by atoms with Gasteiger partial charge in [-0.15, -0.1) is 0 Å². The first-order chi connectivity index (χ1) is 19.5. The molecule has 3 aliphatic heterocycles. The number of rotatable bonds is 8. The molecule has 0 saturated carbocycles. The molecule has 0 radical (unpaired) electrons. The van der Waals surface area contributed by atoms with Crippen molar-refractivity contribution in [1.82, 2.24) is 10.6 Å². The second-order valence-electron chi connectivity index (χ2n) is 15.1. The molecule has 0 unspecified atom stereocenters. The van der Waals surface area contributed by atoms with E-state index >= 15 is 0 Å². The number of piperidine rings is 2. The molecule has 0 bridgehead atoms. The maximum Gasteiger partial charge on any atom is 0.363 e. The summed E-state index contributed by atoms with van der Waals surface area (Å²) < 4.78 is 23.1. The second-order valence-corrected chi connectivity index (χ2v) is 15.1. The Morgan fingerprint density at radius 2 is 1.26 bits per heavy atom. The first-order valence-electron chi connectivity index (χ1n) is 15.5. The molecule has 3 fully saturated rings. The van der Waals surface area contributed by atoms with Crippen LogP contribution in [0.5, 0.6) is 0 Å². The van der Waals surface area contributed by atoms with Crippen LogP contribution in [0.2, 0.25) is 0 Å². The third-order valence-electron chi connectivity index (χ3n) is 8.18.